The molecular weight excluding hydrogens is 240 g/mol. The number of amides is 1. The van der Waals surface area contributed by atoms with Crippen molar-refractivity contribution in [1.29, 1.82) is 0 Å². The number of piperidine rings is 1. The highest BCUT2D eigenvalue weighted by Gasteiger charge is 2.47. The van der Waals surface area contributed by atoms with Crippen molar-refractivity contribution in [3.8, 4) is 0 Å². The number of hydrogen-bond acceptors (Lipinski definition) is 3. The molecule has 1 amide bonds. The Labute approximate surface area is 117 Å². The van der Waals surface area contributed by atoms with Gasteiger partial charge in [0.2, 0.25) is 5.91 Å². The third kappa shape index (κ3) is 2.79. The zero-order chi connectivity index (χ0) is 14.3. The Balaban J connectivity index is 2.13. The van der Waals surface area contributed by atoms with Crippen molar-refractivity contribution in [3.63, 3.8) is 0 Å². The molecule has 0 atom stereocenters. The summed E-state index contributed by atoms with van der Waals surface area (Å²) in [4.78, 5) is 16.7. The third-order valence-electron chi connectivity index (χ3n) is 4.40. The predicted molar refractivity (Wildman–Crippen MR) is 75.8 cm³/mol. The van der Waals surface area contributed by atoms with Gasteiger partial charge in [0.05, 0.1) is 13.0 Å². The first-order valence-electron chi connectivity index (χ1n) is 7.47. The molecule has 0 N–H and O–H groups in total. The van der Waals surface area contributed by atoms with Gasteiger partial charge in [0.15, 0.2) is 0 Å². The number of hydrogen-bond donors (Lipinski definition) is 0. The van der Waals surface area contributed by atoms with Crippen molar-refractivity contribution in [2.45, 2.75) is 71.2 Å². The van der Waals surface area contributed by atoms with Gasteiger partial charge in [0, 0.05) is 37.5 Å². The molecule has 19 heavy (non-hydrogen) atoms. The van der Waals surface area contributed by atoms with E-state index in [0.29, 0.717) is 13.0 Å². The van der Waals surface area contributed by atoms with E-state index in [1.54, 1.807) is 0 Å². The molecule has 4 nitrogen and oxygen atoms in total. The molecule has 0 aliphatic carbocycles. The van der Waals surface area contributed by atoms with Gasteiger partial charge in [0.1, 0.15) is 5.72 Å². The molecule has 0 aromatic rings. The summed E-state index contributed by atoms with van der Waals surface area (Å²) in [7, 11) is 0. The summed E-state index contributed by atoms with van der Waals surface area (Å²) in [5.74, 6) is 0.255. The van der Waals surface area contributed by atoms with Crippen LogP contribution in [0.1, 0.15) is 53.9 Å². The zero-order valence-electron chi connectivity index (χ0n) is 13.0. The van der Waals surface area contributed by atoms with Crippen molar-refractivity contribution >= 4 is 5.91 Å². The number of nitrogens with zero attached hydrogens (tertiary/aromatic N) is 2. The highest BCUT2D eigenvalue weighted by Crippen LogP contribution is 2.37. The van der Waals surface area contributed by atoms with Crippen LogP contribution in [0.15, 0.2) is 0 Å². The Morgan fingerprint density at radius 3 is 2.26 bits per heavy atom. The largest absolute Gasteiger partial charge is 0.355 e. The molecule has 110 valence electrons. The van der Waals surface area contributed by atoms with Crippen LogP contribution in [-0.2, 0) is 9.53 Å². The van der Waals surface area contributed by atoms with Gasteiger partial charge in [-0.25, -0.2) is 0 Å². The fourth-order valence-corrected chi connectivity index (χ4v) is 3.42. The number of carbonyl (C=O) groups excluding carboxylic acids is 1. The molecule has 0 aromatic heterocycles. The number of carbonyl (C=O) groups is 1. The minimum Gasteiger partial charge on any atom is -0.355 e. The fraction of sp³-hybridized carbons (Fsp3) is 0.933. The summed E-state index contributed by atoms with van der Waals surface area (Å²) in [6, 6.07) is 0.217. The van der Waals surface area contributed by atoms with Gasteiger partial charge in [-0.2, -0.15) is 0 Å². The van der Waals surface area contributed by atoms with E-state index in [1.807, 2.05) is 4.90 Å². The molecule has 0 radical (unpaired) electrons. The molecule has 0 unspecified atom stereocenters. The van der Waals surface area contributed by atoms with Gasteiger partial charge >= 0.3 is 0 Å². The van der Waals surface area contributed by atoms with Crippen LogP contribution in [0.2, 0.25) is 0 Å². The quantitative estimate of drug-likeness (QED) is 0.731. The van der Waals surface area contributed by atoms with Crippen molar-refractivity contribution in [3.05, 3.63) is 0 Å². The Hall–Kier alpha value is -0.610. The van der Waals surface area contributed by atoms with Crippen molar-refractivity contribution in [2.24, 2.45) is 0 Å². The maximum absolute atomic E-state index is 12.2. The Kier molecular flexibility index (Phi) is 3.94. The van der Waals surface area contributed by atoms with Crippen LogP contribution in [0.25, 0.3) is 0 Å². The van der Waals surface area contributed by atoms with Crippen LogP contribution in [-0.4, -0.2) is 52.7 Å². The van der Waals surface area contributed by atoms with Gasteiger partial charge in [-0.1, -0.05) is 0 Å². The minimum absolute atomic E-state index is 0.197. The fourth-order valence-electron chi connectivity index (χ4n) is 3.42. The van der Waals surface area contributed by atoms with E-state index in [4.69, 9.17) is 4.74 Å². The molecule has 2 aliphatic heterocycles. The Bertz CT molecular complexity index is 339. The van der Waals surface area contributed by atoms with Crippen LogP contribution in [0.3, 0.4) is 0 Å². The maximum Gasteiger partial charge on any atom is 0.227 e. The monoisotopic (exact) mass is 268 g/mol. The van der Waals surface area contributed by atoms with E-state index < -0.39 is 0 Å². The summed E-state index contributed by atoms with van der Waals surface area (Å²) in [6.45, 7) is 13.5. The number of rotatable bonds is 1. The third-order valence-corrected chi connectivity index (χ3v) is 4.40. The lowest BCUT2D eigenvalue weighted by atomic mass is 9.91. The second kappa shape index (κ2) is 5.06. The Morgan fingerprint density at radius 1 is 1.21 bits per heavy atom. The number of likely N-dealkylation sites (tertiary alicyclic amines) is 1. The minimum atomic E-state index is -0.342. The van der Waals surface area contributed by atoms with Crippen LogP contribution in [0.5, 0.6) is 0 Å². The highest BCUT2D eigenvalue weighted by molar-refractivity contribution is 5.78. The molecule has 2 heterocycles. The van der Waals surface area contributed by atoms with Gasteiger partial charge in [-0.3, -0.25) is 9.69 Å². The molecule has 2 fully saturated rings. The first-order valence-corrected chi connectivity index (χ1v) is 7.47. The van der Waals surface area contributed by atoms with Crippen LogP contribution < -0.4 is 0 Å². The SMILES string of the molecule is CC(C)N1C(=O)CCOC12CCN(C(C)(C)C)CC2. The lowest BCUT2D eigenvalue weighted by molar-refractivity contribution is -0.221. The maximum atomic E-state index is 12.2. The van der Waals surface area contributed by atoms with Crippen molar-refractivity contribution < 1.29 is 9.53 Å². The lowest BCUT2D eigenvalue weighted by Gasteiger charge is -2.54. The van der Waals surface area contributed by atoms with E-state index in [2.05, 4.69) is 39.5 Å². The molecule has 4 heteroatoms. The lowest BCUT2D eigenvalue weighted by Crippen LogP contribution is -2.65. The normalized spacial score (nSPS) is 25.4. The summed E-state index contributed by atoms with van der Waals surface area (Å²) in [5.41, 5.74) is -0.145. The molecule has 1 spiro atoms. The summed E-state index contributed by atoms with van der Waals surface area (Å²) >= 11 is 0. The summed E-state index contributed by atoms with van der Waals surface area (Å²) < 4.78 is 6.09. The smallest absolute Gasteiger partial charge is 0.227 e. The predicted octanol–water partition coefficient (Wildman–Crippen LogP) is 2.23. The van der Waals surface area contributed by atoms with Gasteiger partial charge in [0.25, 0.3) is 0 Å². The molecule has 0 saturated carbocycles. The summed E-state index contributed by atoms with van der Waals surface area (Å²) in [5, 5.41) is 0. The highest BCUT2D eigenvalue weighted by atomic mass is 16.5. The second-order valence-corrected chi connectivity index (χ2v) is 7.06. The van der Waals surface area contributed by atoms with Crippen LogP contribution in [0, 0.1) is 0 Å². The van der Waals surface area contributed by atoms with Crippen molar-refractivity contribution in [1.82, 2.24) is 9.80 Å². The number of ether oxygens (including phenoxy) is 1. The van der Waals surface area contributed by atoms with Crippen LogP contribution >= 0.6 is 0 Å². The first kappa shape index (κ1) is 14.8. The molecule has 0 bridgehead atoms. The molecule has 0 aromatic carbocycles. The molecular formula is C15H28N2O2. The van der Waals surface area contributed by atoms with E-state index in [0.717, 1.165) is 25.9 Å². The molecule has 2 aliphatic rings. The van der Waals surface area contributed by atoms with E-state index in [9.17, 15) is 4.79 Å². The van der Waals surface area contributed by atoms with Gasteiger partial charge in [-0.15, -0.1) is 0 Å². The summed E-state index contributed by atoms with van der Waals surface area (Å²) in [6.07, 6.45) is 2.38. The molecule has 2 saturated heterocycles. The van der Waals surface area contributed by atoms with Crippen molar-refractivity contribution in [2.75, 3.05) is 19.7 Å². The van der Waals surface area contributed by atoms with E-state index in [-0.39, 0.29) is 23.2 Å². The zero-order valence-corrected chi connectivity index (χ0v) is 13.0. The molecule has 2 rings (SSSR count). The van der Waals surface area contributed by atoms with E-state index in [1.165, 1.54) is 0 Å². The topological polar surface area (TPSA) is 32.8 Å². The average molecular weight is 268 g/mol. The average Bonchev–Trinajstić information content (AvgIpc) is 2.27. The van der Waals surface area contributed by atoms with Crippen LogP contribution in [0.4, 0.5) is 0 Å². The standard InChI is InChI=1S/C15H28N2O2/c1-12(2)17-13(18)6-11-19-15(17)7-9-16(10-8-15)14(3,4)5/h12H,6-11H2,1-5H3. The van der Waals surface area contributed by atoms with Gasteiger partial charge < -0.3 is 9.64 Å². The van der Waals surface area contributed by atoms with E-state index >= 15 is 0 Å². The first-order chi connectivity index (χ1) is 8.76. The second-order valence-electron chi connectivity index (χ2n) is 7.06. The Morgan fingerprint density at radius 2 is 1.79 bits per heavy atom. The van der Waals surface area contributed by atoms with Gasteiger partial charge in [-0.05, 0) is 34.6 Å².